The minimum Gasteiger partial charge on any atom is -0.481 e. The van der Waals surface area contributed by atoms with Crippen LogP contribution in [0.15, 0.2) is 42.7 Å². The van der Waals surface area contributed by atoms with Gasteiger partial charge in [0.2, 0.25) is 0 Å². The summed E-state index contributed by atoms with van der Waals surface area (Å²) in [6, 6.07) is 10.6. The number of nitrogens with zero attached hydrogens (tertiary/aromatic N) is 2. The lowest BCUT2D eigenvalue weighted by atomic mass is 9.97. The van der Waals surface area contributed by atoms with Crippen LogP contribution in [0.2, 0.25) is 0 Å². The molecule has 1 N–H and O–H groups in total. The molecule has 4 heteroatoms. The van der Waals surface area contributed by atoms with Gasteiger partial charge in [0.25, 0.3) is 0 Å². The molecule has 0 aliphatic carbocycles. The Morgan fingerprint density at radius 3 is 2.60 bits per heavy atom. The van der Waals surface area contributed by atoms with E-state index >= 15 is 0 Å². The van der Waals surface area contributed by atoms with Gasteiger partial charge in [0, 0.05) is 34.8 Å². The summed E-state index contributed by atoms with van der Waals surface area (Å²) in [6.45, 7) is 4.82. The smallest absolute Gasteiger partial charge is 0.309 e. The van der Waals surface area contributed by atoms with Crippen LogP contribution >= 0.6 is 0 Å². The highest BCUT2D eigenvalue weighted by atomic mass is 16.4. The van der Waals surface area contributed by atoms with Crippen molar-refractivity contribution in [3.63, 3.8) is 0 Å². The molecule has 0 radical (unpaired) electrons. The molecule has 0 aliphatic heterocycles. The molecular weight excluding hydrogens is 312 g/mol. The van der Waals surface area contributed by atoms with E-state index < -0.39 is 5.97 Å². The number of fused-ring (bicyclic) bond motifs is 4. The van der Waals surface area contributed by atoms with Crippen molar-refractivity contribution in [2.75, 3.05) is 0 Å². The minimum atomic E-state index is -0.773. The van der Waals surface area contributed by atoms with Crippen molar-refractivity contribution in [2.24, 2.45) is 7.05 Å². The van der Waals surface area contributed by atoms with Crippen LogP contribution in [0.4, 0.5) is 0 Å². The molecule has 4 nitrogen and oxygen atoms in total. The number of aryl methyl sites for hydroxylation is 4. The third-order valence-electron chi connectivity index (χ3n) is 5.25. The molecule has 0 saturated heterocycles. The Kier molecular flexibility index (Phi) is 3.49. The number of aromatic nitrogens is 2. The average molecular weight is 333 g/mol. The average Bonchev–Trinajstić information content (AvgIpc) is 2.91. The van der Waals surface area contributed by atoms with Gasteiger partial charge in [-0.15, -0.1) is 0 Å². The van der Waals surface area contributed by atoms with E-state index in [4.69, 9.17) is 5.11 Å². The zero-order chi connectivity index (χ0) is 17.7. The topological polar surface area (TPSA) is 46.1 Å². The van der Waals surface area contributed by atoms with Gasteiger partial charge in [-0.25, -0.2) is 4.57 Å². The van der Waals surface area contributed by atoms with Gasteiger partial charge in [0.05, 0.1) is 5.52 Å². The van der Waals surface area contributed by atoms with Crippen LogP contribution in [-0.4, -0.2) is 15.6 Å². The Morgan fingerprint density at radius 2 is 1.84 bits per heavy atom. The summed E-state index contributed by atoms with van der Waals surface area (Å²) < 4.78 is 4.25. The Bertz CT molecular complexity index is 1160. The zero-order valence-electron chi connectivity index (χ0n) is 14.7. The third kappa shape index (κ3) is 2.29. The van der Waals surface area contributed by atoms with Crippen LogP contribution in [0, 0.1) is 13.8 Å². The Labute approximate surface area is 145 Å². The highest BCUT2D eigenvalue weighted by Gasteiger charge is 2.18. The lowest BCUT2D eigenvalue weighted by Crippen LogP contribution is -2.33. The quantitative estimate of drug-likeness (QED) is 0.579. The molecule has 2 aromatic heterocycles. The van der Waals surface area contributed by atoms with E-state index in [-0.39, 0.29) is 6.42 Å². The Hall–Kier alpha value is -2.88. The largest absolute Gasteiger partial charge is 0.481 e. The number of carbonyl (C=O) groups is 1. The van der Waals surface area contributed by atoms with E-state index in [0.29, 0.717) is 6.54 Å². The van der Waals surface area contributed by atoms with Crippen molar-refractivity contribution >= 4 is 38.5 Å². The lowest BCUT2D eigenvalue weighted by Gasteiger charge is -2.10. The zero-order valence-corrected chi connectivity index (χ0v) is 14.7. The molecule has 0 fully saturated rings. The van der Waals surface area contributed by atoms with Gasteiger partial charge in [-0.3, -0.25) is 4.79 Å². The van der Waals surface area contributed by atoms with Crippen LogP contribution in [0.3, 0.4) is 0 Å². The summed E-state index contributed by atoms with van der Waals surface area (Å²) in [6.07, 6.45) is 4.19. The van der Waals surface area contributed by atoms with Crippen molar-refractivity contribution in [2.45, 2.75) is 26.8 Å². The summed E-state index contributed by atoms with van der Waals surface area (Å²) in [5.74, 6) is -0.773. The first-order valence-electron chi connectivity index (χ1n) is 8.50. The van der Waals surface area contributed by atoms with Gasteiger partial charge in [-0.1, -0.05) is 18.2 Å². The molecular formula is C21H21N2O2+. The van der Waals surface area contributed by atoms with E-state index in [1.165, 1.54) is 43.7 Å². The van der Waals surface area contributed by atoms with E-state index in [1.807, 2.05) is 10.8 Å². The Balaban J connectivity index is 2.08. The maximum atomic E-state index is 10.9. The predicted molar refractivity (Wildman–Crippen MR) is 99.9 cm³/mol. The van der Waals surface area contributed by atoms with Crippen molar-refractivity contribution < 1.29 is 14.5 Å². The Morgan fingerprint density at radius 1 is 1.08 bits per heavy atom. The minimum absolute atomic E-state index is 0.130. The molecule has 0 atom stereocenters. The number of para-hydroxylation sites is 1. The molecule has 4 aromatic rings. The normalized spacial score (nSPS) is 11.6. The summed E-state index contributed by atoms with van der Waals surface area (Å²) in [5.41, 5.74) is 5.02. The molecule has 0 spiro atoms. The van der Waals surface area contributed by atoms with Crippen LogP contribution in [0.5, 0.6) is 0 Å². The summed E-state index contributed by atoms with van der Waals surface area (Å²) >= 11 is 0. The second kappa shape index (κ2) is 5.59. The SMILES string of the molecule is Cc1c2c[n+](CCC(=O)O)ccc2c(C)c2c1c1ccccc1n2C. The number of pyridine rings is 1. The standard InChI is InChI=1S/C21H20N2O2/c1-13-17-12-23(11-9-19(24)25)10-8-15(17)14(2)21-20(13)16-6-4-5-7-18(16)22(21)3/h4-8,10,12H,9,11H2,1-3H3/p+1. The fourth-order valence-electron chi connectivity index (χ4n) is 4.00. The molecule has 2 heterocycles. The van der Waals surface area contributed by atoms with Crippen LogP contribution < -0.4 is 4.57 Å². The van der Waals surface area contributed by atoms with E-state index in [1.54, 1.807) is 0 Å². The number of carboxylic acid groups (broad SMARTS) is 1. The van der Waals surface area contributed by atoms with Crippen molar-refractivity contribution in [1.82, 2.24) is 4.57 Å². The molecule has 25 heavy (non-hydrogen) atoms. The number of carboxylic acids is 1. The molecule has 0 saturated carbocycles. The van der Waals surface area contributed by atoms with Gasteiger partial charge in [-0.2, -0.15) is 0 Å². The van der Waals surface area contributed by atoms with Gasteiger partial charge in [0.1, 0.15) is 6.42 Å². The second-order valence-electron chi connectivity index (χ2n) is 6.70. The number of benzene rings is 2. The first-order chi connectivity index (χ1) is 12.0. The van der Waals surface area contributed by atoms with Gasteiger partial charge >= 0.3 is 5.97 Å². The van der Waals surface area contributed by atoms with E-state index in [2.05, 4.69) is 62.0 Å². The fourth-order valence-corrected chi connectivity index (χ4v) is 4.00. The number of rotatable bonds is 3. The highest BCUT2D eigenvalue weighted by molar-refractivity contribution is 6.16. The van der Waals surface area contributed by atoms with Gasteiger partial charge in [-0.05, 0) is 36.4 Å². The van der Waals surface area contributed by atoms with Gasteiger partial charge in [0.15, 0.2) is 18.9 Å². The second-order valence-corrected chi connectivity index (χ2v) is 6.70. The monoisotopic (exact) mass is 333 g/mol. The maximum Gasteiger partial charge on any atom is 0.309 e. The molecule has 126 valence electrons. The summed E-state index contributed by atoms with van der Waals surface area (Å²) in [4.78, 5) is 10.9. The molecule has 2 aromatic carbocycles. The number of hydrogen-bond donors (Lipinski definition) is 1. The van der Waals surface area contributed by atoms with Crippen molar-refractivity contribution in [3.05, 3.63) is 53.9 Å². The summed E-state index contributed by atoms with van der Waals surface area (Å²) in [7, 11) is 2.12. The fraction of sp³-hybridized carbons (Fsp3) is 0.238. The molecule has 0 unspecified atom stereocenters. The summed E-state index contributed by atoms with van der Waals surface area (Å²) in [5, 5.41) is 13.9. The maximum absolute atomic E-state index is 10.9. The molecule has 0 amide bonds. The van der Waals surface area contributed by atoms with Crippen molar-refractivity contribution in [3.8, 4) is 0 Å². The number of aliphatic carboxylic acids is 1. The first kappa shape index (κ1) is 15.6. The van der Waals surface area contributed by atoms with Crippen LogP contribution in [-0.2, 0) is 18.4 Å². The van der Waals surface area contributed by atoms with E-state index in [0.717, 1.165) is 0 Å². The van der Waals surface area contributed by atoms with Crippen molar-refractivity contribution in [1.29, 1.82) is 0 Å². The van der Waals surface area contributed by atoms with Gasteiger partial charge < -0.3 is 9.67 Å². The highest BCUT2D eigenvalue weighted by Crippen LogP contribution is 2.37. The van der Waals surface area contributed by atoms with Crippen LogP contribution in [0.25, 0.3) is 32.6 Å². The number of hydrogen-bond acceptors (Lipinski definition) is 1. The van der Waals surface area contributed by atoms with Crippen LogP contribution in [0.1, 0.15) is 17.5 Å². The third-order valence-corrected chi connectivity index (χ3v) is 5.25. The lowest BCUT2D eigenvalue weighted by molar-refractivity contribution is -0.694. The predicted octanol–water partition coefficient (Wildman–Crippen LogP) is 3.86. The van der Waals surface area contributed by atoms with E-state index in [9.17, 15) is 4.79 Å². The molecule has 0 bridgehead atoms. The molecule has 4 rings (SSSR count). The molecule has 0 aliphatic rings. The first-order valence-corrected chi connectivity index (χ1v) is 8.50.